The van der Waals surface area contributed by atoms with Crippen LogP contribution in [-0.4, -0.2) is 204 Å². The molecule has 3 aliphatic heterocycles. The third-order valence-corrected chi connectivity index (χ3v) is 24.0. The van der Waals surface area contributed by atoms with Gasteiger partial charge in [0.2, 0.25) is 58.8 Å². The Morgan fingerprint density at radius 3 is 0.915 bits per heavy atom. The van der Waals surface area contributed by atoms with Gasteiger partial charge in [-0.1, -0.05) is 141 Å². The molecular weight excluding hydrogens is 1910 g/mol. The molecule has 12 rings (SSSR count). The second-order valence-electron chi connectivity index (χ2n) is 33.8. The number of nitrogens with zero attached hydrogens (tertiary/aromatic N) is 1. The molecule has 0 radical (unpaired) electrons. The Balaban J connectivity index is 0.000000219. The molecule has 16 N–H and O–H groups in total. The van der Waals surface area contributed by atoms with Crippen LogP contribution in [0.3, 0.4) is 0 Å². The van der Waals surface area contributed by atoms with E-state index in [4.69, 9.17) is 4.74 Å². The van der Waals surface area contributed by atoms with Crippen molar-refractivity contribution in [1.82, 2.24) is 58.1 Å². The Morgan fingerprint density at radius 2 is 0.585 bits per heavy atom. The first kappa shape index (κ1) is 109. The standard InChI is InChI=1S/C33H33F5N4O6.C32H31F5N4O6.C32H30F5N3O7/c1-15-29(44)20(14-19-23(34)25(36)27(38)26(37)24(19)35)40-32(47)28(41-30(45)18-11-7-8-12-22(18)43)16(2)39-31(46)21(42(3)33(15)48)13-17-9-5-4-6-10-17;1-14-28(43)19(13-18-22(33)24(35)26(37)25(36)23(18)34)39-32(47)27(41-30(45)17-10-6-7-11-21(17)42)15(2)38-31(46)20(40-29(14)44)12-16-8-4-3-5-9-16;1-14-28(42)19(13-18-22(33)24(35)26(37)25(36)23(18)34)39-31(45)27(40-29(43)17-10-6-7-11-20(17)41)15(2)38-30(44)21(47-32(14)46)12-16-8-4-3-5-9-16/h4-12,15-16,20-21,28-29,43-44H,13-14H2,1-3H3,(H,39,46)(H,40,47)(H,41,45);3-11,14-15,19-20,27-28,42-43H,12-13H2,1-2H3,(H,38,46)(H,39,47)(H,40,44)(H,41,45);3-11,14-15,19,21,27-28,41-42H,12-13H2,1-2H3,(H,38,44)(H,39,45)(H,40,43)/t15-,16-,20+,21?,28+,29+;14-,15-,19+,20?,27+,28+;14-,15-,19+,21?,27+,28+/m111/s1. The van der Waals surface area contributed by atoms with Crippen LogP contribution in [0.2, 0.25) is 0 Å². The number of likely N-dealkylation sites (N-methyl/N-ethyl adjacent to an activating group) is 1. The summed E-state index contributed by atoms with van der Waals surface area (Å²) in [6.07, 6.45) is -11.4. The van der Waals surface area contributed by atoms with Crippen molar-refractivity contribution in [2.45, 2.75) is 171 Å². The van der Waals surface area contributed by atoms with Crippen molar-refractivity contribution in [2.75, 3.05) is 7.05 Å². The maximum atomic E-state index is 14.8. The van der Waals surface area contributed by atoms with Gasteiger partial charge in [-0.15, -0.1) is 0 Å². The van der Waals surface area contributed by atoms with Crippen molar-refractivity contribution < 1.29 is 159 Å². The maximum absolute atomic E-state index is 14.8. The van der Waals surface area contributed by atoms with Gasteiger partial charge in [-0.2, -0.15) is 0 Å². The second-order valence-corrected chi connectivity index (χ2v) is 33.8. The number of halogens is 15. The molecule has 45 heteroatoms. The summed E-state index contributed by atoms with van der Waals surface area (Å²) < 4.78 is 220. The lowest BCUT2D eigenvalue weighted by Gasteiger charge is -2.37. The lowest BCUT2D eigenvalue weighted by atomic mass is 9.90. The highest BCUT2D eigenvalue weighted by atomic mass is 19.2. The highest BCUT2D eigenvalue weighted by molar-refractivity contribution is 6.03. The first-order chi connectivity index (χ1) is 67.0. The summed E-state index contributed by atoms with van der Waals surface area (Å²) in [5.74, 6) is -51.9. The van der Waals surface area contributed by atoms with Crippen molar-refractivity contribution in [1.29, 1.82) is 0 Å². The predicted octanol–water partition coefficient (Wildman–Crippen LogP) is 7.24. The molecule has 0 saturated carbocycles. The van der Waals surface area contributed by atoms with Crippen LogP contribution in [0.5, 0.6) is 17.2 Å². The van der Waals surface area contributed by atoms with E-state index < -0.39 is 320 Å². The summed E-state index contributed by atoms with van der Waals surface area (Å²) in [6, 6.07) is 24.1. The van der Waals surface area contributed by atoms with Crippen LogP contribution >= 0.6 is 0 Å². The fourth-order valence-electron chi connectivity index (χ4n) is 15.7. The third kappa shape index (κ3) is 25.5. The second kappa shape index (κ2) is 47.7. The maximum Gasteiger partial charge on any atom is 0.312 e. The molecule has 0 spiro atoms. The van der Waals surface area contributed by atoms with Gasteiger partial charge >= 0.3 is 5.97 Å². The first-order valence-electron chi connectivity index (χ1n) is 43.6. The highest BCUT2D eigenvalue weighted by Gasteiger charge is 2.47. The Bertz CT molecular complexity index is 5900. The zero-order chi connectivity index (χ0) is 105. The molecule has 3 saturated heterocycles. The number of hydrogen-bond acceptors (Lipinski definition) is 19. The summed E-state index contributed by atoms with van der Waals surface area (Å²) >= 11 is 0. The molecule has 9 aromatic carbocycles. The van der Waals surface area contributed by atoms with Gasteiger partial charge in [-0.25, -0.2) is 65.9 Å². The molecule has 0 aliphatic carbocycles. The number of cyclic esters (lactones) is 1. The van der Waals surface area contributed by atoms with E-state index >= 15 is 0 Å². The van der Waals surface area contributed by atoms with E-state index in [1.54, 1.807) is 91.0 Å². The van der Waals surface area contributed by atoms with E-state index in [0.717, 1.165) is 11.8 Å². The molecule has 0 aromatic heterocycles. The molecule has 30 nitrogen and oxygen atoms in total. The first-order valence-corrected chi connectivity index (χ1v) is 43.6. The van der Waals surface area contributed by atoms with Crippen molar-refractivity contribution >= 4 is 70.9 Å². The Labute approximate surface area is 798 Å². The molecule has 3 fully saturated rings. The zero-order valence-electron chi connectivity index (χ0n) is 75.8. The molecular formula is C97H94F15N11O19. The van der Waals surface area contributed by atoms with E-state index in [9.17, 15) is 154 Å². The minimum Gasteiger partial charge on any atom is -0.507 e. The van der Waals surface area contributed by atoms with Gasteiger partial charge in [-0.3, -0.25) is 57.5 Å². The number of aliphatic hydroxyl groups excluding tert-OH is 3. The van der Waals surface area contributed by atoms with Crippen LogP contribution in [0.15, 0.2) is 164 Å². The number of aromatic hydroxyl groups is 3. The Morgan fingerprint density at radius 1 is 0.310 bits per heavy atom. The van der Waals surface area contributed by atoms with Crippen LogP contribution in [0, 0.1) is 105 Å². The van der Waals surface area contributed by atoms with E-state index in [0.29, 0.717) is 16.7 Å². The number of amides is 11. The number of rotatable bonds is 18. The summed E-state index contributed by atoms with van der Waals surface area (Å²) in [4.78, 5) is 162. The molecule has 9 aromatic rings. The minimum atomic E-state index is -2.43. The number of phenolic OH excluding ortho intramolecular Hbond substituents is 3. The number of nitrogens with one attached hydrogen (secondary N) is 10. The van der Waals surface area contributed by atoms with Crippen LogP contribution in [0.25, 0.3) is 0 Å². The summed E-state index contributed by atoms with van der Waals surface area (Å²) in [7, 11) is 1.28. The number of carbonyl (C=O) groups excluding carboxylic acids is 12. The Kier molecular flexibility index (Phi) is 36.5. The normalized spacial score (nSPS) is 23.9. The van der Waals surface area contributed by atoms with Gasteiger partial charge in [-0.05, 0) is 80.8 Å². The van der Waals surface area contributed by atoms with Gasteiger partial charge in [0.25, 0.3) is 23.6 Å². The number of ether oxygens (including phenoxy) is 1. The summed E-state index contributed by atoms with van der Waals surface area (Å²) in [5, 5.41) is 88.3. The monoisotopic (exact) mass is 2000 g/mol. The van der Waals surface area contributed by atoms with Gasteiger partial charge in [0.15, 0.2) is 75.9 Å². The molecule has 756 valence electrons. The molecule has 3 aliphatic rings. The lowest BCUT2D eigenvalue weighted by Crippen LogP contribution is -2.64. The minimum absolute atomic E-state index is 0.0282. The summed E-state index contributed by atoms with van der Waals surface area (Å²) in [6.45, 7) is 7.41. The predicted molar refractivity (Wildman–Crippen MR) is 471 cm³/mol. The average molecular weight is 2000 g/mol. The number of para-hydroxylation sites is 3. The number of hydrogen-bond donors (Lipinski definition) is 16. The largest absolute Gasteiger partial charge is 0.507 e. The third-order valence-electron chi connectivity index (χ3n) is 24.0. The van der Waals surface area contributed by atoms with Crippen molar-refractivity contribution in [2.24, 2.45) is 17.8 Å². The fourth-order valence-corrected chi connectivity index (χ4v) is 15.7. The molecule has 142 heavy (non-hydrogen) atoms. The molecule has 3 unspecified atom stereocenters. The van der Waals surface area contributed by atoms with Crippen LogP contribution in [-0.2, 0) is 86.4 Å². The number of carbonyl (C=O) groups is 12. The molecule has 0 bridgehead atoms. The highest BCUT2D eigenvalue weighted by Crippen LogP contribution is 2.33. The van der Waals surface area contributed by atoms with Crippen LogP contribution < -0.4 is 53.2 Å². The van der Waals surface area contributed by atoms with Crippen molar-refractivity contribution in [3.05, 3.63) is 301 Å². The molecule has 11 amide bonds. The van der Waals surface area contributed by atoms with Gasteiger partial charge in [0.05, 0.1) is 89.0 Å². The average Bonchev–Trinajstić information content (AvgIpc) is 0.790. The van der Waals surface area contributed by atoms with E-state index in [-0.39, 0.29) is 36.0 Å². The van der Waals surface area contributed by atoms with Gasteiger partial charge in [0, 0.05) is 62.3 Å². The zero-order valence-corrected chi connectivity index (χ0v) is 75.8. The smallest absolute Gasteiger partial charge is 0.312 e. The van der Waals surface area contributed by atoms with E-state index in [2.05, 4.69) is 53.2 Å². The van der Waals surface area contributed by atoms with Crippen LogP contribution in [0.1, 0.15) is 106 Å². The SMILES string of the molecule is C[C@H]1NC(=O)C(Cc2ccccc2)N(C)C(=O)[C@H](C)[C@H](O)[C@H](Cc2c(F)c(F)c(F)c(F)c2F)NC(=O)[C@H]1NC(=O)c1ccccc1O.C[C@H]1NC(=O)C(Cc2ccccc2)NC(=O)[C@H](C)[C@H](O)[C@H](Cc2c(F)c(F)c(F)c(F)c2F)NC(=O)[C@H]1NC(=O)c1ccccc1O.C[C@H]1NC(=O)C(Cc2ccccc2)OC(=O)[C@H](C)[C@H](O)[C@H](Cc2c(F)c(F)c(F)c(F)c2F)NC(=O)[C@H]1NC(=O)c1ccccc1O. The van der Waals surface area contributed by atoms with Gasteiger partial charge in [0.1, 0.15) is 47.5 Å². The van der Waals surface area contributed by atoms with Gasteiger partial charge < -0.3 is 93.4 Å². The molecule has 18 atom stereocenters. The number of benzene rings is 9. The number of phenols is 3. The topological polar surface area (TPSA) is 459 Å². The molecule has 3 heterocycles. The van der Waals surface area contributed by atoms with E-state index in [1.807, 2.05) is 0 Å². The number of esters is 1. The lowest BCUT2D eigenvalue weighted by molar-refractivity contribution is -0.164. The van der Waals surface area contributed by atoms with Crippen molar-refractivity contribution in [3.63, 3.8) is 0 Å². The van der Waals surface area contributed by atoms with Crippen molar-refractivity contribution in [3.8, 4) is 17.2 Å². The number of aliphatic hydroxyl groups is 3. The van der Waals surface area contributed by atoms with E-state index in [1.165, 1.54) is 114 Å². The summed E-state index contributed by atoms with van der Waals surface area (Å²) in [5.41, 5.74) is -3.11. The quantitative estimate of drug-likeness (QED) is 0.0174. The fraction of sp³-hybridized carbons (Fsp3) is 0.320. The Hall–Kier alpha value is -15.2. The van der Waals surface area contributed by atoms with Crippen LogP contribution in [0.4, 0.5) is 65.9 Å².